The molecule has 22 heavy (non-hydrogen) atoms. The van der Waals surface area contributed by atoms with Gasteiger partial charge in [-0.3, -0.25) is 0 Å². The van der Waals surface area contributed by atoms with Gasteiger partial charge in [0.1, 0.15) is 48.8 Å². The van der Waals surface area contributed by atoms with E-state index in [1.807, 2.05) is 13.8 Å². The summed E-state index contributed by atoms with van der Waals surface area (Å²) < 4.78 is 11.6. The summed E-state index contributed by atoms with van der Waals surface area (Å²) in [6.07, 6.45) is -5.82. The summed E-state index contributed by atoms with van der Waals surface area (Å²) in [7, 11) is 0. The first-order chi connectivity index (χ1) is 10.4. The van der Waals surface area contributed by atoms with Gasteiger partial charge in [-0.1, -0.05) is 0 Å². The molecule has 0 spiro atoms. The largest absolute Gasteiger partial charge is 0.387 e. The average molecular weight is 306 g/mol. The molecule has 8 atom stereocenters. The van der Waals surface area contributed by atoms with Crippen molar-refractivity contribution in [1.82, 2.24) is 0 Å². The van der Waals surface area contributed by atoms with Crippen molar-refractivity contribution < 1.29 is 29.9 Å². The fourth-order valence-corrected chi connectivity index (χ4v) is 4.87. The summed E-state index contributed by atoms with van der Waals surface area (Å²) >= 11 is 0. The minimum atomic E-state index is -0.927. The molecule has 5 rings (SSSR count). The molecular weight excluding hydrogens is 288 g/mol. The molecule has 4 N–H and O–H groups in total. The van der Waals surface area contributed by atoms with Gasteiger partial charge < -0.3 is 29.9 Å². The van der Waals surface area contributed by atoms with E-state index in [9.17, 15) is 20.4 Å². The molecular formula is C16H18O6. The van der Waals surface area contributed by atoms with Crippen LogP contribution in [0.15, 0.2) is 0 Å². The van der Waals surface area contributed by atoms with Gasteiger partial charge in [0.05, 0.1) is 0 Å². The van der Waals surface area contributed by atoms with Gasteiger partial charge in [-0.05, 0) is 47.2 Å². The first-order valence-corrected chi connectivity index (χ1v) is 7.63. The van der Waals surface area contributed by atoms with Crippen LogP contribution in [0.25, 0.3) is 0 Å². The molecule has 0 radical (unpaired) electrons. The fraction of sp³-hybridized carbons (Fsp3) is 0.625. The summed E-state index contributed by atoms with van der Waals surface area (Å²) in [6.45, 7) is 3.87. The topological polar surface area (TPSA) is 99.4 Å². The number of ether oxygens (including phenoxy) is 2. The van der Waals surface area contributed by atoms with Crippen molar-refractivity contribution >= 4 is 0 Å². The molecule has 0 saturated carbocycles. The zero-order valence-electron chi connectivity index (χ0n) is 12.2. The van der Waals surface area contributed by atoms with Gasteiger partial charge in [-0.25, -0.2) is 0 Å². The van der Waals surface area contributed by atoms with Crippen molar-refractivity contribution in [3.8, 4) is 0 Å². The van der Waals surface area contributed by atoms with Crippen LogP contribution in [0.1, 0.15) is 57.8 Å². The third-order valence-electron chi connectivity index (χ3n) is 5.86. The van der Waals surface area contributed by atoms with Crippen LogP contribution in [0, 0.1) is 13.8 Å². The van der Waals surface area contributed by atoms with Crippen molar-refractivity contribution in [2.45, 2.75) is 62.7 Å². The Kier molecular flexibility index (Phi) is 2.38. The molecule has 1 aromatic carbocycles. The van der Waals surface area contributed by atoms with Gasteiger partial charge >= 0.3 is 0 Å². The Balaban J connectivity index is 1.80. The Morgan fingerprint density at radius 2 is 0.773 bits per heavy atom. The second-order valence-corrected chi connectivity index (χ2v) is 6.82. The quantitative estimate of drug-likeness (QED) is 0.538. The molecule has 1 aromatic rings. The van der Waals surface area contributed by atoms with Gasteiger partial charge in [-0.2, -0.15) is 0 Å². The molecule has 0 unspecified atom stereocenters. The normalized spacial score (nSPS) is 47.2. The Morgan fingerprint density at radius 1 is 0.545 bits per heavy atom. The molecule has 6 heteroatoms. The number of aliphatic hydroxyl groups excluding tert-OH is 4. The van der Waals surface area contributed by atoms with Crippen LogP contribution < -0.4 is 0 Å². The number of rotatable bonds is 0. The van der Waals surface area contributed by atoms with Crippen molar-refractivity contribution in [1.29, 1.82) is 0 Å². The summed E-state index contributed by atoms with van der Waals surface area (Å²) in [4.78, 5) is 0. The van der Waals surface area contributed by atoms with Gasteiger partial charge in [0.2, 0.25) is 0 Å². The fourth-order valence-electron chi connectivity index (χ4n) is 4.87. The molecule has 4 aliphatic heterocycles. The van der Waals surface area contributed by atoms with Crippen LogP contribution in [0.5, 0.6) is 0 Å². The summed E-state index contributed by atoms with van der Waals surface area (Å²) in [5.41, 5.74) is 5.53. The van der Waals surface area contributed by atoms with E-state index >= 15 is 0 Å². The highest BCUT2D eigenvalue weighted by Gasteiger charge is 2.58. The van der Waals surface area contributed by atoms with Gasteiger partial charge in [0.25, 0.3) is 0 Å². The van der Waals surface area contributed by atoms with Crippen LogP contribution in [0.2, 0.25) is 0 Å². The van der Waals surface area contributed by atoms with E-state index in [-0.39, 0.29) is 0 Å². The van der Waals surface area contributed by atoms with Gasteiger partial charge in [0.15, 0.2) is 0 Å². The Morgan fingerprint density at radius 3 is 1.00 bits per heavy atom. The second kappa shape index (κ2) is 3.90. The van der Waals surface area contributed by atoms with Crippen LogP contribution in [-0.4, -0.2) is 44.8 Å². The maximum Gasteiger partial charge on any atom is 0.113 e. The molecule has 2 fully saturated rings. The number of hydrogen-bond donors (Lipinski definition) is 4. The standard InChI is InChI=1S/C16H18O6/c1-3-5-7(15-11(19)9(17)13(5)21-15)4(2)8-6(3)14-10(18)12(20)16(8)22-14/h9-20H,1-2H3/t9-,10+,11+,12-,13+,14-,15-,16+. The minimum Gasteiger partial charge on any atom is -0.387 e. The van der Waals surface area contributed by atoms with Crippen molar-refractivity contribution in [2.75, 3.05) is 0 Å². The monoisotopic (exact) mass is 306 g/mol. The van der Waals surface area contributed by atoms with E-state index in [2.05, 4.69) is 0 Å². The molecule has 0 aromatic heterocycles. The highest BCUT2D eigenvalue weighted by Crippen LogP contribution is 2.60. The lowest BCUT2D eigenvalue weighted by molar-refractivity contribution is 0.0186. The SMILES string of the molecule is Cc1c2c(c(C)c3c1[C@@H]1O[C@H]3[C@@H](O)[C@H]1O)[C@@H]1O[C@H]2[C@@H](O)[C@H]1O. The second-order valence-electron chi connectivity index (χ2n) is 6.82. The molecule has 0 aliphatic carbocycles. The van der Waals surface area contributed by atoms with E-state index in [0.717, 1.165) is 33.4 Å². The minimum absolute atomic E-state index is 0.528. The van der Waals surface area contributed by atoms with Crippen molar-refractivity contribution in [2.24, 2.45) is 0 Å². The van der Waals surface area contributed by atoms with Crippen molar-refractivity contribution in [3.05, 3.63) is 33.4 Å². The van der Waals surface area contributed by atoms with Gasteiger partial charge in [-0.15, -0.1) is 0 Å². The first-order valence-electron chi connectivity index (χ1n) is 7.63. The van der Waals surface area contributed by atoms with Crippen LogP contribution in [0.3, 0.4) is 0 Å². The Labute approximate surface area is 126 Å². The maximum absolute atomic E-state index is 10.1. The highest BCUT2D eigenvalue weighted by molar-refractivity contribution is 5.60. The molecule has 0 amide bonds. The number of benzene rings is 1. The van der Waals surface area contributed by atoms with Crippen LogP contribution >= 0.6 is 0 Å². The third kappa shape index (κ3) is 1.22. The molecule has 6 nitrogen and oxygen atoms in total. The zero-order chi connectivity index (χ0) is 15.5. The smallest absolute Gasteiger partial charge is 0.113 e. The summed E-state index contributed by atoms with van der Waals surface area (Å²) in [6, 6.07) is 0. The van der Waals surface area contributed by atoms with E-state index < -0.39 is 48.8 Å². The predicted octanol–water partition coefficient (Wildman–Crippen LogP) is -0.000960. The van der Waals surface area contributed by atoms with Crippen molar-refractivity contribution in [3.63, 3.8) is 0 Å². The zero-order valence-corrected chi connectivity index (χ0v) is 12.2. The third-order valence-corrected chi connectivity index (χ3v) is 5.86. The Bertz CT molecular complexity index is 588. The number of fused-ring (bicyclic) bond motifs is 10. The van der Waals surface area contributed by atoms with E-state index in [1.165, 1.54) is 0 Å². The highest BCUT2D eigenvalue weighted by atomic mass is 16.6. The first kappa shape index (κ1) is 13.4. The van der Waals surface area contributed by atoms with E-state index in [0.29, 0.717) is 0 Å². The van der Waals surface area contributed by atoms with Crippen LogP contribution in [-0.2, 0) is 9.47 Å². The van der Waals surface area contributed by atoms with E-state index in [1.54, 1.807) is 0 Å². The van der Waals surface area contributed by atoms with E-state index in [4.69, 9.17) is 9.47 Å². The molecule has 118 valence electrons. The number of hydrogen-bond acceptors (Lipinski definition) is 6. The summed E-state index contributed by atoms with van der Waals surface area (Å²) in [5.74, 6) is 0. The van der Waals surface area contributed by atoms with Gasteiger partial charge in [0, 0.05) is 0 Å². The molecule has 4 bridgehead atoms. The number of aliphatic hydroxyl groups is 4. The Hall–Kier alpha value is -1.02. The lowest BCUT2D eigenvalue weighted by atomic mass is 9.74. The summed E-state index contributed by atoms with van der Waals surface area (Å²) in [5, 5.41) is 40.5. The predicted molar refractivity (Wildman–Crippen MR) is 73.1 cm³/mol. The molecule has 4 aliphatic rings. The maximum atomic E-state index is 10.1. The lowest BCUT2D eigenvalue weighted by Gasteiger charge is -2.31. The average Bonchev–Trinajstić information content (AvgIpc) is 3.20. The molecule has 2 saturated heterocycles. The lowest BCUT2D eigenvalue weighted by Crippen LogP contribution is -2.35. The van der Waals surface area contributed by atoms with Crippen LogP contribution in [0.4, 0.5) is 0 Å². The molecule has 4 heterocycles.